The number of hydrogen-bond donors (Lipinski definition) is 2. The van der Waals surface area contributed by atoms with Crippen molar-refractivity contribution in [1.82, 2.24) is 5.32 Å². The third-order valence-corrected chi connectivity index (χ3v) is 3.58. The lowest BCUT2D eigenvalue weighted by molar-refractivity contribution is 0.172. The van der Waals surface area contributed by atoms with E-state index >= 15 is 0 Å². The van der Waals surface area contributed by atoms with Crippen LogP contribution in [0.15, 0.2) is 6.07 Å². The Kier molecular flexibility index (Phi) is 2.99. The van der Waals surface area contributed by atoms with Gasteiger partial charge in [-0.1, -0.05) is 0 Å². The van der Waals surface area contributed by atoms with Gasteiger partial charge in [-0.05, 0) is 38.3 Å². The van der Waals surface area contributed by atoms with Crippen LogP contribution in [0.5, 0.6) is 17.2 Å². The summed E-state index contributed by atoms with van der Waals surface area (Å²) >= 11 is 0. The van der Waals surface area contributed by atoms with Gasteiger partial charge in [-0.25, -0.2) is 4.39 Å². The van der Waals surface area contributed by atoms with Crippen molar-refractivity contribution in [2.75, 3.05) is 19.9 Å². The molecule has 1 atom stereocenters. The molecule has 2 aliphatic heterocycles. The molecule has 18 heavy (non-hydrogen) atoms. The maximum absolute atomic E-state index is 13.6. The zero-order chi connectivity index (χ0) is 12.5. The van der Waals surface area contributed by atoms with Gasteiger partial charge in [0, 0.05) is 11.6 Å². The number of phenolic OH excluding ortho intramolecular Hbond substituents is 1. The van der Waals surface area contributed by atoms with Gasteiger partial charge >= 0.3 is 0 Å². The fourth-order valence-corrected chi connectivity index (χ4v) is 2.64. The molecule has 3 rings (SSSR count). The van der Waals surface area contributed by atoms with Crippen LogP contribution < -0.4 is 14.8 Å². The summed E-state index contributed by atoms with van der Waals surface area (Å²) in [6.45, 7) is 2.02. The first-order chi connectivity index (χ1) is 8.75. The van der Waals surface area contributed by atoms with Crippen LogP contribution in [0.2, 0.25) is 0 Å². The minimum absolute atomic E-state index is 0.0914. The average molecular weight is 253 g/mol. The van der Waals surface area contributed by atoms with Gasteiger partial charge in [-0.15, -0.1) is 0 Å². The molecule has 0 amide bonds. The first-order valence-electron chi connectivity index (χ1n) is 6.26. The Morgan fingerprint density at radius 1 is 1.44 bits per heavy atom. The van der Waals surface area contributed by atoms with Crippen LogP contribution in [0.4, 0.5) is 4.39 Å². The van der Waals surface area contributed by atoms with Crippen LogP contribution in [-0.2, 0) is 6.42 Å². The van der Waals surface area contributed by atoms with Crippen molar-refractivity contribution in [2.45, 2.75) is 19.3 Å². The van der Waals surface area contributed by atoms with E-state index in [9.17, 15) is 9.50 Å². The first kappa shape index (κ1) is 11.6. The zero-order valence-electron chi connectivity index (χ0n) is 10.0. The number of fused-ring (bicyclic) bond motifs is 1. The van der Waals surface area contributed by atoms with Gasteiger partial charge in [0.1, 0.15) is 0 Å². The van der Waals surface area contributed by atoms with E-state index in [1.54, 1.807) is 0 Å². The zero-order valence-corrected chi connectivity index (χ0v) is 10.0. The smallest absolute Gasteiger partial charge is 0.231 e. The molecule has 1 aromatic rings. The van der Waals surface area contributed by atoms with Crippen molar-refractivity contribution in [2.24, 2.45) is 5.92 Å². The normalized spacial score (nSPS) is 22.2. The molecule has 1 unspecified atom stereocenters. The van der Waals surface area contributed by atoms with Gasteiger partial charge in [0.15, 0.2) is 23.1 Å². The highest BCUT2D eigenvalue weighted by Crippen LogP contribution is 2.43. The lowest BCUT2D eigenvalue weighted by atomic mass is 9.91. The van der Waals surface area contributed by atoms with E-state index in [-0.39, 0.29) is 12.5 Å². The van der Waals surface area contributed by atoms with E-state index in [4.69, 9.17) is 9.47 Å². The topological polar surface area (TPSA) is 50.7 Å². The van der Waals surface area contributed by atoms with Crippen molar-refractivity contribution < 1.29 is 19.0 Å². The van der Waals surface area contributed by atoms with E-state index < -0.39 is 5.82 Å². The standard InChI is InChI=1S/C13H16FNO3/c14-10-5-11-13(18-7-17-11)9(12(10)16)4-8-2-1-3-15-6-8/h5,8,15-16H,1-4,6-7H2. The molecule has 0 saturated carbocycles. The molecule has 2 aliphatic rings. The molecule has 0 aromatic heterocycles. The van der Waals surface area contributed by atoms with Gasteiger partial charge < -0.3 is 19.9 Å². The number of rotatable bonds is 2. The van der Waals surface area contributed by atoms with Crippen LogP contribution >= 0.6 is 0 Å². The molecule has 4 nitrogen and oxygen atoms in total. The molecule has 1 saturated heterocycles. The Bertz CT molecular complexity index is 458. The third-order valence-electron chi connectivity index (χ3n) is 3.58. The van der Waals surface area contributed by atoms with Crippen LogP contribution in [0, 0.1) is 11.7 Å². The Hall–Kier alpha value is -1.49. The molecule has 0 aliphatic carbocycles. The molecule has 0 radical (unpaired) electrons. The van der Waals surface area contributed by atoms with E-state index in [2.05, 4.69) is 5.32 Å². The van der Waals surface area contributed by atoms with E-state index in [0.717, 1.165) is 25.9 Å². The van der Waals surface area contributed by atoms with Crippen LogP contribution in [0.25, 0.3) is 0 Å². The second-order valence-electron chi connectivity index (χ2n) is 4.84. The van der Waals surface area contributed by atoms with Gasteiger partial charge in [0.2, 0.25) is 6.79 Å². The Morgan fingerprint density at radius 3 is 3.11 bits per heavy atom. The lowest BCUT2D eigenvalue weighted by Crippen LogP contribution is -2.30. The van der Waals surface area contributed by atoms with Crippen molar-refractivity contribution >= 4 is 0 Å². The Labute approximate surface area is 105 Å². The number of piperidine rings is 1. The molecule has 2 N–H and O–H groups in total. The van der Waals surface area contributed by atoms with Gasteiger partial charge in [0.05, 0.1) is 0 Å². The molecule has 5 heteroatoms. The minimum atomic E-state index is -0.641. The summed E-state index contributed by atoms with van der Waals surface area (Å²) in [5.41, 5.74) is 0.538. The predicted octanol–water partition coefficient (Wildman–Crippen LogP) is 1.80. The maximum Gasteiger partial charge on any atom is 0.231 e. The monoisotopic (exact) mass is 253 g/mol. The summed E-state index contributed by atoms with van der Waals surface area (Å²) in [6.07, 6.45) is 2.81. The van der Waals surface area contributed by atoms with Gasteiger partial charge in [-0.3, -0.25) is 0 Å². The molecule has 98 valence electrons. The SMILES string of the molecule is Oc1c(F)cc2c(c1CC1CCCNC1)OCO2. The number of benzene rings is 1. The first-order valence-corrected chi connectivity index (χ1v) is 6.26. The van der Waals surface area contributed by atoms with Crippen molar-refractivity contribution in [3.8, 4) is 17.2 Å². The van der Waals surface area contributed by atoms with E-state index in [1.807, 2.05) is 0 Å². The van der Waals surface area contributed by atoms with Crippen molar-refractivity contribution in [3.63, 3.8) is 0 Å². The highest BCUT2D eigenvalue weighted by molar-refractivity contribution is 5.55. The van der Waals surface area contributed by atoms with E-state index in [0.29, 0.717) is 29.4 Å². The molecular formula is C13H16FNO3. The lowest BCUT2D eigenvalue weighted by Gasteiger charge is -2.23. The number of phenols is 1. The molecular weight excluding hydrogens is 237 g/mol. The molecule has 0 spiro atoms. The summed E-state index contributed by atoms with van der Waals surface area (Å²) in [6, 6.07) is 1.18. The number of halogens is 1. The van der Waals surface area contributed by atoms with Gasteiger partial charge in [-0.2, -0.15) is 0 Å². The molecule has 1 aromatic carbocycles. The summed E-state index contributed by atoms with van der Waals surface area (Å²) in [4.78, 5) is 0. The largest absolute Gasteiger partial charge is 0.505 e. The quantitative estimate of drug-likeness (QED) is 0.844. The highest BCUT2D eigenvalue weighted by atomic mass is 19.1. The summed E-state index contributed by atoms with van der Waals surface area (Å²) in [5.74, 6) is 0.353. The van der Waals surface area contributed by atoms with Crippen LogP contribution in [0.1, 0.15) is 18.4 Å². The Balaban J connectivity index is 1.90. The predicted molar refractivity (Wildman–Crippen MR) is 63.5 cm³/mol. The maximum atomic E-state index is 13.6. The number of aromatic hydroxyl groups is 1. The highest BCUT2D eigenvalue weighted by Gasteiger charge is 2.26. The molecule has 0 bridgehead atoms. The van der Waals surface area contributed by atoms with Crippen LogP contribution in [-0.4, -0.2) is 25.0 Å². The Morgan fingerprint density at radius 2 is 2.33 bits per heavy atom. The third kappa shape index (κ3) is 1.99. The summed E-state index contributed by atoms with van der Waals surface area (Å²) in [5, 5.41) is 13.2. The average Bonchev–Trinajstić information content (AvgIpc) is 2.84. The van der Waals surface area contributed by atoms with Gasteiger partial charge in [0.25, 0.3) is 0 Å². The number of nitrogens with one attached hydrogen (secondary N) is 1. The fourth-order valence-electron chi connectivity index (χ4n) is 2.64. The molecule has 1 fully saturated rings. The minimum Gasteiger partial charge on any atom is -0.505 e. The van der Waals surface area contributed by atoms with Crippen LogP contribution in [0.3, 0.4) is 0 Å². The second-order valence-corrected chi connectivity index (χ2v) is 4.84. The van der Waals surface area contributed by atoms with Crippen molar-refractivity contribution in [3.05, 3.63) is 17.4 Å². The van der Waals surface area contributed by atoms with Crippen molar-refractivity contribution in [1.29, 1.82) is 0 Å². The van der Waals surface area contributed by atoms with E-state index in [1.165, 1.54) is 6.07 Å². The summed E-state index contributed by atoms with van der Waals surface area (Å²) < 4.78 is 24.1. The number of hydrogen-bond acceptors (Lipinski definition) is 4. The fraction of sp³-hybridized carbons (Fsp3) is 0.538. The molecule has 2 heterocycles. The second kappa shape index (κ2) is 4.65. The number of ether oxygens (including phenoxy) is 2. The summed E-state index contributed by atoms with van der Waals surface area (Å²) in [7, 11) is 0.